The number of nitrogens with one attached hydrogen (secondary N) is 8. The summed E-state index contributed by atoms with van der Waals surface area (Å²) in [4.78, 5) is 114. The lowest BCUT2D eigenvalue weighted by Crippen LogP contribution is -2.64. The van der Waals surface area contributed by atoms with Crippen LogP contribution in [-0.2, 0) is 52.8 Å². The second-order valence-corrected chi connectivity index (χ2v) is 17.6. The molecule has 14 N–H and O–H groups in total. The van der Waals surface area contributed by atoms with Crippen molar-refractivity contribution in [2.45, 2.75) is 113 Å². The zero-order chi connectivity index (χ0) is 48.2. The molecule has 2 aliphatic rings. The zero-order valence-electron chi connectivity index (χ0n) is 37.6. The summed E-state index contributed by atoms with van der Waals surface area (Å²) in [7, 11) is 0. The van der Waals surface area contributed by atoms with Crippen molar-refractivity contribution >= 4 is 69.0 Å². The van der Waals surface area contributed by atoms with Gasteiger partial charge in [-0.15, -0.1) is 0 Å². The standard InChI is InChI=1S/C48H59N13O7/c49-41(63)35-16-17-40(62)61-48(18-6-1-7-19-48)46(68)60-39(24-32-26-52-27-55-32)45(67)58-37(22-28-14-15-29-9-2-3-10-30(29)21-28)43(65)57-36(13-8-20-53-47(50)51)42(64)59-38(44(66)56-35)23-31-25-54-34-12-5-4-11-33(31)34/h2-5,9-12,14-15,21,25-27,35-39,54H,1,6-8,13,16-20,22-24H2,(H2,49,63)(H,52,55)(H,56,66)(H,57,65)(H,58,67)(H,59,64)(H,60,68)(H,61,62)(H4,50,51,53)/t35-,36-,37+,38-,39-/m0/s1. The van der Waals surface area contributed by atoms with Gasteiger partial charge in [-0.25, -0.2) is 4.98 Å². The Morgan fingerprint density at radius 1 is 0.706 bits per heavy atom. The maximum atomic E-state index is 14.8. The number of guanidine groups is 1. The van der Waals surface area contributed by atoms with E-state index in [1.54, 1.807) is 6.20 Å². The number of aromatic amines is 2. The Balaban J connectivity index is 1.28. The number of nitrogens with two attached hydrogens (primary N) is 3. The first kappa shape index (κ1) is 48.2. The van der Waals surface area contributed by atoms with Gasteiger partial charge in [-0.1, -0.05) is 79.9 Å². The highest BCUT2D eigenvalue weighted by atomic mass is 16.2. The van der Waals surface area contributed by atoms with Crippen LogP contribution in [0.15, 0.2) is 90.4 Å². The Bertz CT molecular complexity index is 2650. The normalized spacial score (nSPS) is 22.3. The van der Waals surface area contributed by atoms with Gasteiger partial charge in [0.2, 0.25) is 41.4 Å². The van der Waals surface area contributed by atoms with Gasteiger partial charge in [-0.3, -0.25) is 38.6 Å². The highest BCUT2D eigenvalue weighted by Gasteiger charge is 2.43. The van der Waals surface area contributed by atoms with Crippen molar-refractivity contribution in [3.05, 3.63) is 102 Å². The number of carbonyl (C=O) groups excluding carboxylic acids is 7. The number of nitrogens with zero attached hydrogens (tertiary/aromatic N) is 2. The maximum absolute atomic E-state index is 14.8. The van der Waals surface area contributed by atoms with Gasteiger partial charge in [0.05, 0.1) is 6.33 Å². The Morgan fingerprint density at radius 3 is 2.09 bits per heavy atom. The first-order chi connectivity index (χ1) is 32.8. The Morgan fingerprint density at radius 2 is 1.37 bits per heavy atom. The van der Waals surface area contributed by atoms with E-state index in [1.165, 1.54) is 12.5 Å². The summed E-state index contributed by atoms with van der Waals surface area (Å²) in [5, 5.41) is 19.6. The molecule has 2 fully saturated rings. The molecule has 1 aliphatic heterocycles. The summed E-state index contributed by atoms with van der Waals surface area (Å²) >= 11 is 0. The first-order valence-electron chi connectivity index (χ1n) is 22.9. The number of hydrogen-bond donors (Lipinski definition) is 11. The maximum Gasteiger partial charge on any atom is 0.246 e. The summed E-state index contributed by atoms with van der Waals surface area (Å²) in [6, 6.07) is 14.1. The number of amides is 7. The highest BCUT2D eigenvalue weighted by molar-refractivity contribution is 5.99. The summed E-state index contributed by atoms with van der Waals surface area (Å²) in [5.41, 5.74) is 18.2. The molecule has 1 aliphatic carbocycles. The fourth-order valence-corrected chi connectivity index (χ4v) is 8.98. The molecule has 3 heterocycles. The fourth-order valence-electron chi connectivity index (χ4n) is 8.98. The molecule has 7 amide bonds. The van der Waals surface area contributed by atoms with E-state index in [1.807, 2.05) is 66.7 Å². The topological polar surface area (TPSA) is 327 Å². The summed E-state index contributed by atoms with van der Waals surface area (Å²) in [6.07, 6.45) is 6.75. The zero-order valence-corrected chi connectivity index (χ0v) is 37.6. The van der Waals surface area contributed by atoms with E-state index in [9.17, 15) is 33.6 Å². The summed E-state index contributed by atoms with van der Waals surface area (Å²) in [5.74, 6) is -5.27. The van der Waals surface area contributed by atoms with Crippen molar-refractivity contribution in [1.29, 1.82) is 0 Å². The number of aliphatic imine (C=N–C) groups is 1. The molecule has 5 atom stereocenters. The van der Waals surface area contributed by atoms with Gasteiger partial charge in [0, 0.05) is 61.2 Å². The number of H-pyrrole nitrogens is 2. The van der Waals surface area contributed by atoms with Crippen LogP contribution in [0.4, 0.5) is 0 Å². The van der Waals surface area contributed by atoms with Gasteiger partial charge < -0.3 is 59.1 Å². The molecule has 1 saturated carbocycles. The van der Waals surface area contributed by atoms with E-state index >= 15 is 0 Å². The SMILES string of the molecule is NC(=O)[C@@H]1CCC(=O)NC2(CCCCC2)C(=O)N[C@@H](Cc2cnc[nH]2)C(=O)N[C@H](Cc2ccc3ccccc3c2)C(=O)N[C@@H](CCCN=C(N)N)C(=O)N[C@@H](Cc2c[nH]c3ccccc23)C(=O)N1. The third kappa shape index (κ3) is 12.4. The molecule has 0 bridgehead atoms. The Labute approximate surface area is 392 Å². The molecule has 358 valence electrons. The van der Waals surface area contributed by atoms with Crippen LogP contribution in [0.25, 0.3) is 21.7 Å². The number of para-hydroxylation sites is 1. The van der Waals surface area contributed by atoms with Crippen LogP contribution < -0.4 is 49.1 Å². The van der Waals surface area contributed by atoms with Crippen LogP contribution >= 0.6 is 0 Å². The molecule has 68 heavy (non-hydrogen) atoms. The number of primary amides is 1. The monoisotopic (exact) mass is 929 g/mol. The Kier molecular flexibility index (Phi) is 15.7. The second kappa shape index (κ2) is 22.1. The number of hydrogen-bond acceptors (Lipinski definition) is 9. The molecule has 0 radical (unpaired) electrons. The van der Waals surface area contributed by atoms with Crippen molar-refractivity contribution in [2.24, 2.45) is 22.2 Å². The van der Waals surface area contributed by atoms with Crippen molar-refractivity contribution in [3.8, 4) is 0 Å². The van der Waals surface area contributed by atoms with E-state index in [0.717, 1.165) is 28.1 Å². The van der Waals surface area contributed by atoms with E-state index in [2.05, 4.69) is 51.8 Å². The number of rotatable bonds is 11. The van der Waals surface area contributed by atoms with Crippen LogP contribution in [0.2, 0.25) is 0 Å². The number of fused-ring (bicyclic) bond motifs is 2. The molecule has 5 aromatic rings. The molecule has 7 rings (SSSR count). The lowest BCUT2D eigenvalue weighted by atomic mass is 9.80. The molecule has 20 heteroatoms. The number of aromatic nitrogens is 3. The van der Waals surface area contributed by atoms with E-state index < -0.39 is 77.1 Å². The first-order valence-corrected chi connectivity index (χ1v) is 22.9. The minimum Gasteiger partial charge on any atom is -0.370 e. The number of imidazole rings is 1. The van der Waals surface area contributed by atoms with E-state index in [-0.39, 0.29) is 70.3 Å². The molecule has 20 nitrogen and oxygen atoms in total. The average molecular weight is 930 g/mol. The van der Waals surface area contributed by atoms with Gasteiger partial charge in [-0.05, 0) is 60.1 Å². The van der Waals surface area contributed by atoms with Crippen molar-refractivity contribution in [1.82, 2.24) is 46.9 Å². The van der Waals surface area contributed by atoms with Crippen LogP contribution in [0, 0.1) is 0 Å². The third-order valence-electron chi connectivity index (χ3n) is 12.6. The smallest absolute Gasteiger partial charge is 0.246 e. The molecular formula is C48H59N13O7. The van der Waals surface area contributed by atoms with Crippen LogP contribution in [0.1, 0.15) is 74.6 Å². The molecule has 1 spiro atoms. The molecule has 1 saturated heterocycles. The van der Waals surface area contributed by atoms with E-state index in [4.69, 9.17) is 17.2 Å². The van der Waals surface area contributed by atoms with Gasteiger partial charge in [0.25, 0.3) is 0 Å². The average Bonchev–Trinajstić information content (AvgIpc) is 4.00. The summed E-state index contributed by atoms with van der Waals surface area (Å²) in [6.45, 7) is 0.100. The van der Waals surface area contributed by atoms with E-state index in [0.29, 0.717) is 29.7 Å². The number of benzene rings is 3. The molecule has 0 unspecified atom stereocenters. The Hall–Kier alpha value is -7.77. The third-order valence-corrected chi connectivity index (χ3v) is 12.6. The second-order valence-electron chi connectivity index (χ2n) is 17.6. The lowest BCUT2D eigenvalue weighted by molar-refractivity contribution is -0.138. The molecule has 3 aromatic carbocycles. The lowest BCUT2D eigenvalue weighted by Gasteiger charge is -2.38. The van der Waals surface area contributed by atoms with Gasteiger partial charge in [0.15, 0.2) is 5.96 Å². The summed E-state index contributed by atoms with van der Waals surface area (Å²) < 4.78 is 0. The van der Waals surface area contributed by atoms with Gasteiger partial charge in [-0.2, -0.15) is 0 Å². The molecular weight excluding hydrogens is 871 g/mol. The van der Waals surface area contributed by atoms with Crippen molar-refractivity contribution in [2.75, 3.05) is 6.54 Å². The van der Waals surface area contributed by atoms with Gasteiger partial charge in [0.1, 0.15) is 35.7 Å². The van der Waals surface area contributed by atoms with Crippen molar-refractivity contribution in [3.63, 3.8) is 0 Å². The van der Waals surface area contributed by atoms with Crippen LogP contribution in [0.3, 0.4) is 0 Å². The quantitative estimate of drug-likeness (QED) is 0.0499. The van der Waals surface area contributed by atoms with Crippen LogP contribution in [0.5, 0.6) is 0 Å². The fraction of sp³-hybridized carbons (Fsp3) is 0.396. The predicted octanol–water partition coefficient (Wildman–Crippen LogP) is 0.648. The number of carbonyl (C=O) groups is 7. The predicted molar refractivity (Wildman–Crippen MR) is 254 cm³/mol. The highest BCUT2D eigenvalue weighted by Crippen LogP contribution is 2.29. The van der Waals surface area contributed by atoms with Crippen molar-refractivity contribution < 1.29 is 33.6 Å². The largest absolute Gasteiger partial charge is 0.370 e. The van der Waals surface area contributed by atoms with Gasteiger partial charge >= 0.3 is 0 Å². The molecule has 2 aromatic heterocycles. The van der Waals surface area contributed by atoms with Crippen LogP contribution in [-0.4, -0.2) is 105 Å². The minimum atomic E-state index is -1.42. The minimum absolute atomic E-state index is 0.00791.